The summed E-state index contributed by atoms with van der Waals surface area (Å²) in [4.78, 5) is 31.0. The van der Waals surface area contributed by atoms with Gasteiger partial charge in [0.1, 0.15) is 6.04 Å². The first-order chi connectivity index (χ1) is 12.3. The SMILES string of the molecule is N[C@H](CCP(=O)(O)Cc1ccc(OCC(=O)O)c(OC(F)(F)F)c1)C(=O)O. The number of ether oxygens (including phenoxy) is 2. The molecule has 0 saturated carbocycles. The Balaban J connectivity index is 2.97. The van der Waals surface area contributed by atoms with Gasteiger partial charge in [-0.15, -0.1) is 13.2 Å². The second-order valence-electron chi connectivity index (χ2n) is 5.47. The van der Waals surface area contributed by atoms with E-state index >= 15 is 0 Å². The van der Waals surface area contributed by atoms with Crippen LogP contribution in [0.1, 0.15) is 12.0 Å². The monoisotopic (exact) mass is 415 g/mol. The third kappa shape index (κ3) is 8.76. The molecule has 1 unspecified atom stereocenters. The van der Waals surface area contributed by atoms with E-state index in [-0.39, 0.29) is 12.0 Å². The number of aliphatic carboxylic acids is 2. The lowest BCUT2D eigenvalue weighted by molar-refractivity contribution is -0.275. The lowest BCUT2D eigenvalue weighted by Crippen LogP contribution is -2.30. The predicted octanol–water partition coefficient (Wildman–Crippen LogP) is 1.62. The molecule has 27 heavy (non-hydrogen) atoms. The fourth-order valence-corrected chi connectivity index (χ4v) is 3.55. The van der Waals surface area contributed by atoms with Crippen molar-refractivity contribution in [1.29, 1.82) is 0 Å². The van der Waals surface area contributed by atoms with E-state index in [2.05, 4.69) is 4.74 Å². The minimum Gasteiger partial charge on any atom is -0.480 e. The van der Waals surface area contributed by atoms with Crippen LogP contribution in [0.4, 0.5) is 13.2 Å². The molecule has 0 spiro atoms. The quantitative estimate of drug-likeness (QED) is 0.417. The van der Waals surface area contributed by atoms with Crippen LogP contribution >= 0.6 is 7.37 Å². The van der Waals surface area contributed by atoms with Crippen LogP contribution in [-0.2, 0) is 20.3 Å². The van der Waals surface area contributed by atoms with E-state index in [9.17, 15) is 32.2 Å². The molecule has 9 nitrogen and oxygen atoms in total. The Morgan fingerprint density at radius 3 is 2.37 bits per heavy atom. The minimum atomic E-state index is -5.10. The highest BCUT2D eigenvalue weighted by atomic mass is 31.2. The van der Waals surface area contributed by atoms with Crippen molar-refractivity contribution in [3.05, 3.63) is 23.8 Å². The Morgan fingerprint density at radius 2 is 1.85 bits per heavy atom. The number of carbonyl (C=O) groups is 2. The Bertz CT molecular complexity index is 740. The van der Waals surface area contributed by atoms with Gasteiger partial charge in [-0.2, -0.15) is 0 Å². The van der Waals surface area contributed by atoms with E-state index in [1.165, 1.54) is 6.07 Å². The summed E-state index contributed by atoms with van der Waals surface area (Å²) in [6.45, 7) is -0.918. The van der Waals surface area contributed by atoms with Crippen LogP contribution in [0.5, 0.6) is 11.5 Å². The summed E-state index contributed by atoms with van der Waals surface area (Å²) in [5.74, 6) is -4.16. The van der Waals surface area contributed by atoms with Crippen molar-refractivity contribution >= 4 is 19.3 Å². The van der Waals surface area contributed by atoms with Crippen LogP contribution in [0.15, 0.2) is 18.2 Å². The molecule has 0 bridgehead atoms. The zero-order valence-electron chi connectivity index (χ0n) is 13.7. The van der Waals surface area contributed by atoms with Gasteiger partial charge < -0.3 is 30.3 Å². The number of rotatable bonds is 10. The van der Waals surface area contributed by atoms with Crippen molar-refractivity contribution in [2.24, 2.45) is 5.73 Å². The molecule has 0 aliphatic heterocycles. The summed E-state index contributed by atoms with van der Waals surface area (Å²) in [7, 11) is -3.94. The van der Waals surface area contributed by atoms with Crippen molar-refractivity contribution in [3.8, 4) is 11.5 Å². The maximum Gasteiger partial charge on any atom is 0.573 e. The molecule has 1 rings (SSSR count). The Labute approximate surface area is 150 Å². The number of alkyl halides is 3. The summed E-state index contributed by atoms with van der Waals surface area (Å²) < 4.78 is 58.1. The zero-order valence-corrected chi connectivity index (χ0v) is 14.6. The van der Waals surface area contributed by atoms with Gasteiger partial charge in [0.2, 0.25) is 7.37 Å². The second kappa shape index (κ2) is 9.07. The number of hydrogen-bond donors (Lipinski definition) is 4. The molecule has 1 aromatic carbocycles. The van der Waals surface area contributed by atoms with Crippen LogP contribution in [0, 0.1) is 0 Å². The summed E-state index contributed by atoms with van der Waals surface area (Å²) in [6, 6.07) is 1.59. The largest absolute Gasteiger partial charge is 0.573 e. The van der Waals surface area contributed by atoms with E-state index in [0.29, 0.717) is 0 Å². The fraction of sp³-hybridized carbons (Fsp3) is 0.429. The minimum absolute atomic E-state index is 0.0216. The topological polar surface area (TPSA) is 156 Å². The standard InChI is InChI=1S/C14H17F3NO8P/c15-14(16,17)26-11-5-8(1-2-10(11)25-6-12(19)20)7-27(23,24)4-3-9(18)13(21)22/h1-2,5,9H,3-4,6-7,18H2,(H,19,20)(H,21,22)(H,23,24)/t9-/m1/s1. The number of carboxylic acids is 2. The summed E-state index contributed by atoms with van der Waals surface area (Å²) >= 11 is 0. The van der Waals surface area contributed by atoms with Crippen LogP contribution in [0.2, 0.25) is 0 Å². The molecule has 0 heterocycles. The average Bonchev–Trinajstić information content (AvgIpc) is 2.49. The van der Waals surface area contributed by atoms with E-state index in [4.69, 9.17) is 20.7 Å². The molecule has 0 radical (unpaired) electrons. The predicted molar refractivity (Wildman–Crippen MR) is 84.9 cm³/mol. The summed E-state index contributed by atoms with van der Waals surface area (Å²) in [5, 5.41) is 17.2. The van der Waals surface area contributed by atoms with Gasteiger partial charge in [-0.3, -0.25) is 9.36 Å². The van der Waals surface area contributed by atoms with Crippen molar-refractivity contribution in [1.82, 2.24) is 0 Å². The smallest absolute Gasteiger partial charge is 0.480 e. The van der Waals surface area contributed by atoms with Gasteiger partial charge in [0.25, 0.3) is 0 Å². The molecule has 5 N–H and O–H groups in total. The molecule has 0 amide bonds. The van der Waals surface area contributed by atoms with E-state index < -0.39 is 62.1 Å². The molecule has 0 aliphatic rings. The number of nitrogens with two attached hydrogens (primary N) is 1. The van der Waals surface area contributed by atoms with Crippen molar-refractivity contribution in [2.45, 2.75) is 25.0 Å². The van der Waals surface area contributed by atoms with Crippen LogP contribution in [0.25, 0.3) is 0 Å². The molecule has 0 aliphatic carbocycles. The maximum absolute atomic E-state index is 12.5. The van der Waals surface area contributed by atoms with Crippen molar-refractivity contribution in [3.63, 3.8) is 0 Å². The first kappa shape index (κ1) is 22.7. The van der Waals surface area contributed by atoms with Crippen LogP contribution in [-0.4, -0.2) is 52.2 Å². The molecule has 152 valence electrons. The highest BCUT2D eigenvalue weighted by molar-refractivity contribution is 7.57. The second-order valence-corrected chi connectivity index (χ2v) is 7.93. The number of benzene rings is 1. The molecule has 0 saturated heterocycles. The van der Waals surface area contributed by atoms with Gasteiger partial charge in [0, 0.05) is 12.3 Å². The molecule has 2 atom stereocenters. The molecule has 13 heteroatoms. The first-order valence-corrected chi connectivity index (χ1v) is 9.34. The van der Waals surface area contributed by atoms with Gasteiger partial charge >= 0.3 is 18.3 Å². The average molecular weight is 415 g/mol. The molecule has 0 aromatic heterocycles. The van der Waals surface area contributed by atoms with E-state index in [1.807, 2.05) is 0 Å². The number of halogens is 3. The van der Waals surface area contributed by atoms with Crippen LogP contribution in [0.3, 0.4) is 0 Å². The first-order valence-electron chi connectivity index (χ1n) is 7.31. The summed E-state index contributed by atoms with van der Waals surface area (Å²) in [5.41, 5.74) is 5.23. The Morgan fingerprint density at radius 1 is 1.22 bits per heavy atom. The molecular weight excluding hydrogens is 398 g/mol. The van der Waals surface area contributed by atoms with Gasteiger partial charge in [-0.05, 0) is 24.1 Å². The lowest BCUT2D eigenvalue weighted by Gasteiger charge is -2.16. The van der Waals surface area contributed by atoms with Crippen molar-refractivity contribution in [2.75, 3.05) is 12.8 Å². The van der Waals surface area contributed by atoms with E-state index in [0.717, 1.165) is 12.1 Å². The number of hydrogen-bond acceptors (Lipinski definition) is 6. The Kier molecular flexibility index (Phi) is 7.64. The maximum atomic E-state index is 12.5. The van der Waals surface area contributed by atoms with Gasteiger partial charge in [0.05, 0.1) is 0 Å². The van der Waals surface area contributed by atoms with Gasteiger partial charge in [-0.25, -0.2) is 4.79 Å². The fourth-order valence-electron chi connectivity index (χ4n) is 1.94. The van der Waals surface area contributed by atoms with Crippen molar-refractivity contribution < 1.29 is 51.9 Å². The van der Waals surface area contributed by atoms with Gasteiger partial charge in [-0.1, -0.05) is 6.07 Å². The highest BCUT2D eigenvalue weighted by Gasteiger charge is 2.33. The zero-order chi connectivity index (χ0) is 20.8. The van der Waals surface area contributed by atoms with Crippen LogP contribution < -0.4 is 15.2 Å². The normalized spacial score (nSPS) is 14.9. The Hall–Kier alpha value is -2.30. The van der Waals surface area contributed by atoms with E-state index in [1.54, 1.807) is 0 Å². The summed E-state index contributed by atoms with van der Waals surface area (Å²) in [6.07, 6.45) is -6.41. The molecule has 1 aromatic rings. The number of carboxylic acid groups (broad SMARTS) is 2. The highest BCUT2D eigenvalue weighted by Crippen LogP contribution is 2.46. The third-order valence-electron chi connectivity index (χ3n) is 3.12. The third-order valence-corrected chi connectivity index (χ3v) is 4.94. The molecular formula is C14H17F3NO8P. The van der Waals surface area contributed by atoms with Gasteiger partial charge in [0.15, 0.2) is 18.1 Å². The molecule has 0 fully saturated rings. The lowest BCUT2D eigenvalue weighted by atomic mass is 10.2.